The summed E-state index contributed by atoms with van der Waals surface area (Å²) in [6.45, 7) is 0.837. The summed E-state index contributed by atoms with van der Waals surface area (Å²) < 4.78 is 5.06. The zero-order valence-electron chi connectivity index (χ0n) is 10.1. The van der Waals surface area contributed by atoms with Crippen molar-refractivity contribution < 1.29 is 4.74 Å². The second kappa shape index (κ2) is 5.54. The molecule has 1 N–H and O–H groups in total. The van der Waals surface area contributed by atoms with Crippen molar-refractivity contribution in [2.45, 2.75) is 25.7 Å². The molecule has 1 aromatic heterocycles. The average Bonchev–Trinajstić information content (AvgIpc) is 2.86. The van der Waals surface area contributed by atoms with Crippen LogP contribution in [-0.4, -0.2) is 29.5 Å². The predicted octanol–water partition coefficient (Wildman–Crippen LogP) is 2.70. The molecular weight excluding hydrogens is 238 g/mol. The molecule has 1 aromatic rings. The number of anilines is 1. The molecule has 0 aliphatic heterocycles. The molecule has 94 valence electrons. The molecule has 0 saturated heterocycles. The quantitative estimate of drug-likeness (QED) is 0.822. The molecular formula is C12H18ClN3O. The second-order valence-corrected chi connectivity index (χ2v) is 4.88. The lowest BCUT2D eigenvalue weighted by Crippen LogP contribution is -2.29. The number of aromatic nitrogens is 2. The topological polar surface area (TPSA) is 47.0 Å². The summed E-state index contributed by atoms with van der Waals surface area (Å²) in [4.78, 5) is 8.40. The highest BCUT2D eigenvalue weighted by Crippen LogP contribution is 2.39. The van der Waals surface area contributed by atoms with Crippen LogP contribution in [0, 0.1) is 5.41 Å². The number of halogens is 1. The van der Waals surface area contributed by atoms with E-state index in [1.54, 1.807) is 19.4 Å². The van der Waals surface area contributed by atoms with E-state index in [4.69, 9.17) is 16.3 Å². The highest BCUT2D eigenvalue weighted by molar-refractivity contribution is 6.18. The lowest BCUT2D eigenvalue weighted by atomic mass is 9.89. The van der Waals surface area contributed by atoms with Crippen LogP contribution in [0.1, 0.15) is 25.7 Å². The van der Waals surface area contributed by atoms with Crippen LogP contribution >= 0.6 is 11.6 Å². The predicted molar refractivity (Wildman–Crippen MR) is 68.7 cm³/mol. The summed E-state index contributed by atoms with van der Waals surface area (Å²) in [6, 6.07) is 1.73. The number of nitrogens with one attached hydrogen (secondary N) is 1. The van der Waals surface area contributed by atoms with E-state index in [9.17, 15) is 0 Å². The van der Waals surface area contributed by atoms with Crippen molar-refractivity contribution in [3.05, 3.63) is 12.3 Å². The van der Waals surface area contributed by atoms with E-state index in [2.05, 4.69) is 15.3 Å². The van der Waals surface area contributed by atoms with Crippen molar-refractivity contribution in [2.75, 3.05) is 24.9 Å². The van der Waals surface area contributed by atoms with Gasteiger partial charge in [-0.2, -0.15) is 4.98 Å². The van der Waals surface area contributed by atoms with Crippen molar-refractivity contribution >= 4 is 17.5 Å². The molecule has 17 heavy (non-hydrogen) atoms. The van der Waals surface area contributed by atoms with E-state index in [1.807, 2.05) is 0 Å². The van der Waals surface area contributed by atoms with Gasteiger partial charge in [-0.25, -0.2) is 4.98 Å². The number of alkyl halides is 1. The minimum atomic E-state index is 0.216. The maximum absolute atomic E-state index is 6.08. The number of hydrogen-bond acceptors (Lipinski definition) is 4. The molecule has 1 aliphatic carbocycles. The van der Waals surface area contributed by atoms with Gasteiger partial charge in [-0.15, -0.1) is 11.6 Å². The van der Waals surface area contributed by atoms with Crippen LogP contribution in [-0.2, 0) is 0 Å². The van der Waals surface area contributed by atoms with Gasteiger partial charge >= 0.3 is 0 Å². The first-order valence-corrected chi connectivity index (χ1v) is 6.48. The molecule has 0 radical (unpaired) electrons. The first-order chi connectivity index (χ1) is 8.28. The molecule has 1 saturated carbocycles. The summed E-state index contributed by atoms with van der Waals surface area (Å²) in [5.41, 5.74) is 0.216. The van der Waals surface area contributed by atoms with Crippen molar-refractivity contribution in [2.24, 2.45) is 5.41 Å². The number of hydrogen-bond donors (Lipinski definition) is 1. The molecule has 5 heteroatoms. The Hall–Kier alpha value is -1.03. The highest BCUT2D eigenvalue weighted by atomic mass is 35.5. The standard InChI is InChI=1S/C12H18ClN3O/c1-17-10-4-7-14-11(16-10)15-9-12(8-13)5-2-3-6-12/h4,7H,2-3,5-6,8-9H2,1H3,(H,14,15,16). The normalized spacial score (nSPS) is 18.0. The van der Waals surface area contributed by atoms with Crippen molar-refractivity contribution in [3.8, 4) is 5.88 Å². The minimum Gasteiger partial charge on any atom is -0.481 e. The minimum absolute atomic E-state index is 0.216. The SMILES string of the molecule is COc1ccnc(NCC2(CCl)CCCC2)n1. The number of rotatable bonds is 5. The van der Waals surface area contributed by atoms with Gasteiger partial charge in [-0.1, -0.05) is 12.8 Å². The summed E-state index contributed by atoms with van der Waals surface area (Å²) >= 11 is 6.08. The largest absolute Gasteiger partial charge is 0.481 e. The Balaban J connectivity index is 1.96. The Labute approximate surface area is 107 Å². The Morgan fingerprint density at radius 1 is 1.47 bits per heavy atom. The molecule has 0 aromatic carbocycles. The van der Waals surface area contributed by atoms with Crippen LogP contribution in [0.2, 0.25) is 0 Å². The molecule has 0 unspecified atom stereocenters. The van der Waals surface area contributed by atoms with Gasteiger partial charge in [-0.05, 0) is 12.8 Å². The highest BCUT2D eigenvalue weighted by Gasteiger charge is 2.32. The maximum atomic E-state index is 6.08. The average molecular weight is 256 g/mol. The van der Waals surface area contributed by atoms with Crippen LogP contribution in [0.5, 0.6) is 5.88 Å². The number of nitrogens with zero attached hydrogens (tertiary/aromatic N) is 2. The summed E-state index contributed by atoms with van der Waals surface area (Å²) in [6.07, 6.45) is 6.61. The molecule has 0 bridgehead atoms. The van der Waals surface area contributed by atoms with Gasteiger partial charge in [0.1, 0.15) is 0 Å². The van der Waals surface area contributed by atoms with Crippen LogP contribution in [0.25, 0.3) is 0 Å². The van der Waals surface area contributed by atoms with Crippen molar-refractivity contribution in [3.63, 3.8) is 0 Å². The molecule has 2 rings (SSSR count). The van der Waals surface area contributed by atoms with Gasteiger partial charge < -0.3 is 10.1 Å². The molecule has 0 spiro atoms. The monoisotopic (exact) mass is 255 g/mol. The summed E-state index contributed by atoms with van der Waals surface area (Å²) in [5, 5.41) is 3.27. The molecule has 4 nitrogen and oxygen atoms in total. The van der Waals surface area contributed by atoms with Crippen LogP contribution in [0.3, 0.4) is 0 Å². The van der Waals surface area contributed by atoms with E-state index < -0.39 is 0 Å². The fourth-order valence-electron chi connectivity index (χ4n) is 2.29. The van der Waals surface area contributed by atoms with Gasteiger partial charge in [0.15, 0.2) is 0 Å². The zero-order chi connectivity index (χ0) is 12.1. The number of methoxy groups -OCH3 is 1. The van der Waals surface area contributed by atoms with Gasteiger partial charge in [0.25, 0.3) is 0 Å². The third kappa shape index (κ3) is 3.00. The first-order valence-electron chi connectivity index (χ1n) is 5.95. The summed E-state index contributed by atoms with van der Waals surface area (Å²) in [5.74, 6) is 1.89. The Morgan fingerprint density at radius 2 is 2.24 bits per heavy atom. The fraction of sp³-hybridized carbons (Fsp3) is 0.667. The molecule has 0 amide bonds. The zero-order valence-corrected chi connectivity index (χ0v) is 10.8. The third-order valence-corrected chi connectivity index (χ3v) is 3.98. The van der Waals surface area contributed by atoms with E-state index in [-0.39, 0.29) is 5.41 Å². The van der Waals surface area contributed by atoms with E-state index in [0.717, 1.165) is 6.54 Å². The van der Waals surface area contributed by atoms with E-state index >= 15 is 0 Å². The fourth-order valence-corrected chi connectivity index (χ4v) is 2.65. The van der Waals surface area contributed by atoms with Crippen molar-refractivity contribution in [1.82, 2.24) is 9.97 Å². The lowest BCUT2D eigenvalue weighted by molar-refractivity contribution is 0.366. The number of ether oxygens (including phenoxy) is 1. The summed E-state index contributed by atoms with van der Waals surface area (Å²) in [7, 11) is 1.60. The molecule has 1 fully saturated rings. The van der Waals surface area contributed by atoms with Gasteiger partial charge in [0, 0.05) is 30.1 Å². The molecule has 1 heterocycles. The molecule has 1 aliphatic rings. The van der Waals surface area contributed by atoms with Gasteiger partial charge in [0.2, 0.25) is 11.8 Å². The van der Waals surface area contributed by atoms with E-state index in [0.29, 0.717) is 17.7 Å². The maximum Gasteiger partial charge on any atom is 0.225 e. The Morgan fingerprint density at radius 3 is 2.88 bits per heavy atom. The Kier molecular flexibility index (Phi) is 4.05. The third-order valence-electron chi connectivity index (χ3n) is 3.41. The second-order valence-electron chi connectivity index (χ2n) is 4.62. The van der Waals surface area contributed by atoms with Gasteiger partial charge in [0.05, 0.1) is 7.11 Å². The van der Waals surface area contributed by atoms with E-state index in [1.165, 1.54) is 25.7 Å². The lowest BCUT2D eigenvalue weighted by Gasteiger charge is -2.26. The van der Waals surface area contributed by atoms with Crippen LogP contribution in [0.15, 0.2) is 12.3 Å². The smallest absolute Gasteiger partial charge is 0.225 e. The van der Waals surface area contributed by atoms with Crippen molar-refractivity contribution in [1.29, 1.82) is 0 Å². The molecule has 0 atom stereocenters. The van der Waals surface area contributed by atoms with Crippen LogP contribution < -0.4 is 10.1 Å². The first kappa shape index (κ1) is 12.4. The van der Waals surface area contributed by atoms with Crippen LogP contribution in [0.4, 0.5) is 5.95 Å². The Bertz CT molecular complexity index is 367. The van der Waals surface area contributed by atoms with Gasteiger partial charge in [-0.3, -0.25) is 0 Å².